The molecule has 0 saturated carbocycles. The van der Waals surface area contributed by atoms with Gasteiger partial charge in [-0.15, -0.1) is 0 Å². The lowest BCUT2D eigenvalue weighted by molar-refractivity contribution is 0.0943. The van der Waals surface area contributed by atoms with E-state index in [2.05, 4.69) is 5.10 Å². The number of fused-ring (bicyclic) bond motifs is 1. The van der Waals surface area contributed by atoms with Crippen LogP contribution in [0.1, 0.15) is 27.3 Å². The van der Waals surface area contributed by atoms with E-state index in [1.165, 1.54) is 4.68 Å². The van der Waals surface area contributed by atoms with E-state index in [0.717, 1.165) is 39.1 Å². The van der Waals surface area contributed by atoms with Crippen molar-refractivity contribution in [3.8, 4) is 11.3 Å². The molecule has 4 nitrogen and oxygen atoms in total. The van der Waals surface area contributed by atoms with E-state index in [1.54, 1.807) is 0 Å². The van der Waals surface area contributed by atoms with Crippen molar-refractivity contribution < 1.29 is 4.79 Å². The number of carbonyl (C=O) groups is 1. The molecular weight excluding hydrogens is 358 g/mol. The molecule has 134 valence electrons. The number of benzene rings is 2. The van der Waals surface area contributed by atoms with E-state index in [9.17, 15) is 4.79 Å². The van der Waals surface area contributed by atoms with Crippen LogP contribution in [0, 0.1) is 20.8 Å². The van der Waals surface area contributed by atoms with Crippen LogP contribution >= 0.6 is 11.6 Å². The fourth-order valence-corrected chi connectivity index (χ4v) is 3.54. The van der Waals surface area contributed by atoms with Crippen LogP contribution in [0.25, 0.3) is 22.2 Å². The largest absolute Gasteiger partial charge is 0.279 e. The quantitative estimate of drug-likeness (QED) is 0.473. The Kier molecular flexibility index (Phi) is 4.28. The molecule has 0 fully saturated rings. The Morgan fingerprint density at radius 2 is 1.70 bits per heavy atom. The predicted octanol–water partition coefficient (Wildman–Crippen LogP) is 5.37. The van der Waals surface area contributed by atoms with E-state index < -0.39 is 0 Å². The van der Waals surface area contributed by atoms with Crippen molar-refractivity contribution in [3.63, 3.8) is 0 Å². The fraction of sp³-hybridized carbons (Fsp3) is 0.136. The van der Waals surface area contributed by atoms with Gasteiger partial charge in [0, 0.05) is 21.7 Å². The molecule has 5 heteroatoms. The molecule has 27 heavy (non-hydrogen) atoms. The maximum Gasteiger partial charge on any atom is 0.279 e. The molecule has 4 rings (SSSR count). The van der Waals surface area contributed by atoms with Crippen LogP contribution in [0.2, 0.25) is 5.02 Å². The molecule has 2 heterocycles. The summed E-state index contributed by atoms with van der Waals surface area (Å²) in [6, 6.07) is 17.1. The molecule has 0 amide bonds. The lowest BCUT2D eigenvalue weighted by Crippen LogP contribution is -2.18. The lowest BCUT2D eigenvalue weighted by atomic mass is 9.97. The van der Waals surface area contributed by atoms with Gasteiger partial charge >= 0.3 is 0 Å². The van der Waals surface area contributed by atoms with Gasteiger partial charge in [-0.2, -0.15) is 5.10 Å². The third-order valence-electron chi connectivity index (χ3n) is 4.67. The minimum absolute atomic E-state index is 0.146. The van der Waals surface area contributed by atoms with Crippen molar-refractivity contribution in [1.29, 1.82) is 0 Å². The molecule has 0 unspecified atom stereocenters. The molecule has 0 bridgehead atoms. The zero-order chi connectivity index (χ0) is 19.1. The summed E-state index contributed by atoms with van der Waals surface area (Å²) in [5, 5.41) is 5.87. The summed E-state index contributed by atoms with van der Waals surface area (Å²) >= 11 is 6.03. The van der Waals surface area contributed by atoms with Gasteiger partial charge in [0.25, 0.3) is 5.91 Å². The van der Waals surface area contributed by atoms with E-state index in [1.807, 2.05) is 75.4 Å². The smallest absolute Gasteiger partial charge is 0.267 e. The molecule has 2 aromatic carbocycles. The summed E-state index contributed by atoms with van der Waals surface area (Å²) in [5.74, 6) is -0.146. The molecule has 0 N–H and O–H groups in total. The number of halogens is 1. The van der Waals surface area contributed by atoms with Crippen LogP contribution in [0.4, 0.5) is 0 Å². The highest BCUT2D eigenvalue weighted by Gasteiger charge is 2.21. The van der Waals surface area contributed by atoms with Crippen molar-refractivity contribution >= 4 is 28.4 Å². The van der Waals surface area contributed by atoms with Crippen LogP contribution in [0.15, 0.2) is 54.6 Å². The second kappa shape index (κ2) is 6.63. The first-order valence-corrected chi connectivity index (χ1v) is 9.07. The van der Waals surface area contributed by atoms with E-state index in [-0.39, 0.29) is 5.91 Å². The summed E-state index contributed by atoms with van der Waals surface area (Å²) in [4.78, 5) is 18.2. The minimum Gasteiger partial charge on any atom is -0.267 e. The predicted molar refractivity (Wildman–Crippen MR) is 108 cm³/mol. The van der Waals surface area contributed by atoms with Crippen LogP contribution in [0.3, 0.4) is 0 Å². The van der Waals surface area contributed by atoms with Crippen LogP contribution in [-0.4, -0.2) is 20.7 Å². The number of aryl methyl sites for hydroxylation is 2. The molecule has 0 aliphatic rings. The van der Waals surface area contributed by atoms with Crippen molar-refractivity contribution in [2.24, 2.45) is 0 Å². The van der Waals surface area contributed by atoms with Crippen molar-refractivity contribution in [2.75, 3.05) is 0 Å². The monoisotopic (exact) mass is 375 g/mol. The number of aromatic nitrogens is 3. The number of nitrogens with zero attached hydrogens (tertiary/aromatic N) is 3. The highest BCUT2D eigenvalue weighted by molar-refractivity contribution is 6.30. The van der Waals surface area contributed by atoms with Crippen molar-refractivity contribution in [1.82, 2.24) is 14.8 Å². The first-order valence-electron chi connectivity index (χ1n) is 8.69. The van der Waals surface area contributed by atoms with Crippen molar-refractivity contribution in [3.05, 3.63) is 82.1 Å². The summed E-state index contributed by atoms with van der Waals surface area (Å²) in [6.45, 7) is 5.70. The van der Waals surface area contributed by atoms with Gasteiger partial charge in [0.1, 0.15) is 0 Å². The van der Waals surface area contributed by atoms with Crippen LogP contribution < -0.4 is 0 Å². The molecule has 0 radical (unpaired) electrons. The Bertz CT molecular complexity index is 1180. The van der Waals surface area contributed by atoms with Gasteiger partial charge in [0.05, 0.1) is 22.5 Å². The SMILES string of the molecule is Cc1cc(C)n(C(=O)c2c(C)c(-c3ccc(Cl)cc3)nc3ccccc23)n1. The maximum absolute atomic E-state index is 13.4. The number of para-hydroxylation sites is 1. The van der Waals surface area contributed by atoms with Gasteiger partial charge in [-0.05, 0) is 50.6 Å². The highest BCUT2D eigenvalue weighted by Crippen LogP contribution is 2.31. The van der Waals surface area contributed by atoms with Gasteiger partial charge in [-0.1, -0.05) is 41.9 Å². The Morgan fingerprint density at radius 1 is 1.00 bits per heavy atom. The summed E-state index contributed by atoms with van der Waals surface area (Å²) < 4.78 is 1.47. The van der Waals surface area contributed by atoms with Gasteiger partial charge in [0.15, 0.2) is 0 Å². The zero-order valence-electron chi connectivity index (χ0n) is 15.3. The number of rotatable bonds is 2. The molecule has 0 saturated heterocycles. The Balaban J connectivity index is 2.01. The van der Waals surface area contributed by atoms with Gasteiger partial charge < -0.3 is 0 Å². The standard InChI is InChI=1S/C22H18ClN3O/c1-13-12-14(2)26(25-13)22(27)20-15(3)21(16-8-10-17(23)11-9-16)24-19-7-5-4-6-18(19)20/h4-12H,1-3H3. The second-order valence-electron chi connectivity index (χ2n) is 6.63. The Hall–Kier alpha value is -2.98. The van der Waals surface area contributed by atoms with E-state index >= 15 is 0 Å². The molecule has 0 aliphatic heterocycles. The molecule has 0 aliphatic carbocycles. The normalized spacial score (nSPS) is 11.1. The molecule has 4 aromatic rings. The van der Waals surface area contributed by atoms with Gasteiger partial charge in [-0.3, -0.25) is 4.79 Å². The Morgan fingerprint density at radius 3 is 2.37 bits per heavy atom. The van der Waals surface area contributed by atoms with Crippen molar-refractivity contribution in [2.45, 2.75) is 20.8 Å². The molecule has 0 atom stereocenters. The lowest BCUT2D eigenvalue weighted by Gasteiger charge is -2.14. The van der Waals surface area contributed by atoms with Gasteiger partial charge in [0.2, 0.25) is 0 Å². The first-order chi connectivity index (χ1) is 13.0. The number of hydrogen-bond acceptors (Lipinski definition) is 3. The average molecular weight is 376 g/mol. The van der Waals surface area contributed by atoms with Crippen LogP contribution in [0.5, 0.6) is 0 Å². The summed E-state index contributed by atoms with van der Waals surface area (Å²) in [6.07, 6.45) is 0. The average Bonchev–Trinajstić information content (AvgIpc) is 3.00. The molecule has 2 aromatic heterocycles. The van der Waals surface area contributed by atoms with Gasteiger partial charge in [-0.25, -0.2) is 9.67 Å². The third-order valence-corrected chi connectivity index (χ3v) is 4.92. The summed E-state index contributed by atoms with van der Waals surface area (Å²) in [5.41, 5.74) is 5.55. The third kappa shape index (κ3) is 3.02. The second-order valence-corrected chi connectivity index (χ2v) is 7.06. The maximum atomic E-state index is 13.4. The number of hydrogen-bond donors (Lipinski definition) is 0. The first kappa shape index (κ1) is 17.4. The zero-order valence-corrected chi connectivity index (χ0v) is 16.1. The molecule has 0 spiro atoms. The topological polar surface area (TPSA) is 47.8 Å². The van der Waals surface area contributed by atoms with E-state index in [4.69, 9.17) is 16.6 Å². The van der Waals surface area contributed by atoms with Crippen LogP contribution in [-0.2, 0) is 0 Å². The highest BCUT2D eigenvalue weighted by atomic mass is 35.5. The number of pyridine rings is 1. The Labute approximate surface area is 162 Å². The fourth-order valence-electron chi connectivity index (χ4n) is 3.41. The summed E-state index contributed by atoms with van der Waals surface area (Å²) in [7, 11) is 0. The van der Waals surface area contributed by atoms with E-state index in [0.29, 0.717) is 10.6 Å². The number of carbonyl (C=O) groups excluding carboxylic acids is 1. The minimum atomic E-state index is -0.146. The molecular formula is C22H18ClN3O.